The number of aromatic nitrogens is 1. The second-order valence-electron chi connectivity index (χ2n) is 9.12. The molecule has 0 radical (unpaired) electrons. The number of thiazole rings is 1. The Morgan fingerprint density at radius 2 is 1.69 bits per heavy atom. The van der Waals surface area contributed by atoms with Crippen LogP contribution in [0.25, 0.3) is 11.3 Å². The number of halogens is 1. The van der Waals surface area contributed by atoms with Gasteiger partial charge in [0.25, 0.3) is 5.69 Å². The Hall–Kier alpha value is -4.51. The van der Waals surface area contributed by atoms with Crippen molar-refractivity contribution in [3.63, 3.8) is 0 Å². The van der Waals surface area contributed by atoms with Crippen LogP contribution in [0.3, 0.4) is 0 Å². The summed E-state index contributed by atoms with van der Waals surface area (Å²) in [5.41, 5.74) is 3.35. The quantitative estimate of drug-likeness (QED) is 0.0935. The number of hydrogen-bond donors (Lipinski definition) is 2. The van der Waals surface area contributed by atoms with Crippen molar-refractivity contribution in [1.29, 1.82) is 0 Å². The van der Waals surface area contributed by atoms with Gasteiger partial charge in [-0.25, -0.2) is 4.98 Å². The fourth-order valence-electron chi connectivity index (χ4n) is 4.09. The molecule has 1 heterocycles. The Kier molecular flexibility index (Phi) is 9.28. The first-order chi connectivity index (χ1) is 20.3. The Morgan fingerprint density at radius 1 is 0.929 bits per heavy atom. The van der Waals surface area contributed by atoms with E-state index in [4.69, 9.17) is 11.6 Å². The Morgan fingerprint density at radius 3 is 2.45 bits per heavy atom. The van der Waals surface area contributed by atoms with Gasteiger partial charge in [-0.05, 0) is 41.5 Å². The molecule has 0 aliphatic heterocycles. The standard InChI is InChI=1S/C31H23ClN4O4S2/c32-23-14-12-20(13-15-23)16-28(37)33-24-9-5-11-26(18-24)42-29(21-6-2-1-3-7-21)30(38)35-31-34-27(19-41-31)22-8-4-10-25(17-22)36(39)40/h1-15,17-19,29H,16H2,(H,33,37)(H,34,35,38). The Bertz CT molecular complexity index is 1730. The van der Waals surface area contributed by atoms with Crippen LogP contribution in [0, 0.1) is 10.1 Å². The van der Waals surface area contributed by atoms with Gasteiger partial charge >= 0.3 is 0 Å². The molecular weight excluding hydrogens is 592 g/mol. The van der Waals surface area contributed by atoms with Crippen LogP contribution < -0.4 is 10.6 Å². The lowest BCUT2D eigenvalue weighted by atomic mass is 10.1. The molecule has 0 bridgehead atoms. The van der Waals surface area contributed by atoms with Gasteiger partial charge in [0.1, 0.15) is 5.25 Å². The van der Waals surface area contributed by atoms with Gasteiger partial charge in [0.05, 0.1) is 17.0 Å². The van der Waals surface area contributed by atoms with Crippen LogP contribution in [0.5, 0.6) is 0 Å². The first-order valence-corrected chi connectivity index (χ1v) is 14.8. The molecule has 0 spiro atoms. The lowest BCUT2D eigenvalue weighted by Gasteiger charge is -2.17. The summed E-state index contributed by atoms with van der Waals surface area (Å²) in [5.74, 6) is -0.441. The van der Waals surface area contributed by atoms with Crippen LogP contribution in [0.15, 0.2) is 113 Å². The van der Waals surface area contributed by atoms with Gasteiger partial charge in [-0.2, -0.15) is 0 Å². The minimum atomic E-state index is -0.614. The molecule has 1 unspecified atom stereocenters. The molecule has 1 aromatic heterocycles. The molecule has 0 aliphatic carbocycles. The van der Waals surface area contributed by atoms with Crippen LogP contribution in [0.1, 0.15) is 16.4 Å². The van der Waals surface area contributed by atoms with E-state index in [0.29, 0.717) is 27.1 Å². The van der Waals surface area contributed by atoms with Crippen molar-refractivity contribution in [2.75, 3.05) is 10.6 Å². The first kappa shape index (κ1) is 29.0. The van der Waals surface area contributed by atoms with Gasteiger partial charge in [0.15, 0.2) is 5.13 Å². The van der Waals surface area contributed by atoms with Crippen molar-refractivity contribution in [1.82, 2.24) is 4.98 Å². The minimum absolute atomic E-state index is 0.0324. The fourth-order valence-corrected chi connectivity index (χ4v) is 6.02. The highest BCUT2D eigenvalue weighted by atomic mass is 35.5. The summed E-state index contributed by atoms with van der Waals surface area (Å²) in [5, 5.41) is 19.1. The number of nitro benzene ring substituents is 1. The van der Waals surface area contributed by atoms with Crippen molar-refractivity contribution in [3.8, 4) is 11.3 Å². The van der Waals surface area contributed by atoms with Crippen LogP contribution in [0.4, 0.5) is 16.5 Å². The Labute approximate surface area is 254 Å². The fraction of sp³-hybridized carbons (Fsp3) is 0.0645. The zero-order chi connectivity index (χ0) is 29.5. The molecule has 5 rings (SSSR count). The van der Waals surface area contributed by atoms with E-state index in [1.165, 1.54) is 35.2 Å². The number of amides is 2. The number of nitrogens with zero attached hydrogens (tertiary/aromatic N) is 2. The summed E-state index contributed by atoms with van der Waals surface area (Å²) in [6, 6.07) is 30.0. The van der Waals surface area contributed by atoms with Gasteiger partial charge in [-0.15, -0.1) is 23.1 Å². The number of anilines is 2. The number of hydrogen-bond acceptors (Lipinski definition) is 7. The van der Waals surface area contributed by atoms with Crippen molar-refractivity contribution >= 4 is 63.0 Å². The average Bonchev–Trinajstić information content (AvgIpc) is 3.46. The summed E-state index contributed by atoms with van der Waals surface area (Å²) in [6.45, 7) is 0. The average molecular weight is 615 g/mol. The molecule has 11 heteroatoms. The highest BCUT2D eigenvalue weighted by molar-refractivity contribution is 8.00. The molecule has 2 N–H and O–H groups in total. The Balaban J connectivity index is 1.30. The van der Waals surface area contributed by atoms with Gasteiger partial charge < -0.3 is 10.6 Å². The monoisotopic (exact) mass is 614 g/mol. The van der Waals surface area contributed by atoms with E-state index in [2.05, 4.69) is 15.6 Å². The molecule has 0 saturated carbocycles. The van der Waals surface area contributed by atoms with E-state index in [1.54, 1.807) is 35.7 Å². The van der Waals surface area contributed by atoms with Gasteiger partial charge in [0.2, 0.25) is 11.8 Å². The highest BCUT2D eigenvalue weighted by Crippen LogP contribution is 2.38. The number of carbonyl (C=O) groups excluding carboxylic acids is 2. The van der Waals surface area contributed by atoms with Crippen LogP contribution >= 0.6 is 34.7 Å². The first-order valence-electron chi connectivity index (χ1n) is 12.7. The smallest absolute Gasteiger partial charge is 0.270 e. The molecule has 210 valence electrons. The third-order valence-corrected chi connectivity index (χ3v) is 8.33. The number of carbonyl (C=O) groups is 2. The van der Waals surface area contributed by atoms with Crippen molar-refractivity contribution in [2.24, 2.45) is 0 Å². The molecule has 5 aromatic rings. The SMILES string of the molecule is O=C(Cc1ccc(Cl)cc1)Nc1cccc(SC(C(=O)Nc2nc(-c3cccc([N+](=O)[O-])c3)cs2)c2ccccc2)c1. The zero-order valence-electron chi connectivity index (χ0n) is 21.9. The van der Waals surface area contributed by atoms with Crippen LogP contribution in [-0.2, 0) is 16.0 Å². The van der Waals surface area contributed by atoms with Crippen LogP contribution in [0.2, 0.25) is 5.02 Å². The maximum atomic E-state index is 13.6. The maximum Gasteiger partial charge on any atom is 0.270 e. The normalized spacial score (nSPS) is 11.5. The maximum absolute atomic E-state index is 13.6. The van der Waals surface area contributed by atoms with E-state index in [0.717, 1.165) is 16.0 Å². The number of benzene rings is 4. The third-order valence-electron chi connectivity index (χ3n) is 6.08. The number of nitrogens with one attached hydrogen (secondary N) is 2. The molecule has 4 aromatic carbocycles. The molecule has 0 saturated heterocycles. The summed E-state index contributed by atoms with van der Waals surface area (Å²) in [6.07, 6.45) is 0.204. The van der Waals surface area contributed by atoms with Gasteiger partial charge in [0, 0.05) is 38.7 Å². The summed E-state index contributed by atoms with van der Waals surface area (Å²) in [7, 11) is 0. The van der Waals surface area contributed by atoms with Crippen molar-refractivity contribution in [3.05, 3.63) is 135 Å². The van der Waals surface area contributed by atoms with Crippen molar-refractivity contribution in [2.45, 2.75) is 16.6 Å². The van der Waals surface area contributed by atoms with Gasteiger partial charge in [-0.3, -0.25) is 19.7 Å². The predicted octanol–water partition coefficient (Wildman–Crippen LogP) is 8.03. The molecule has 2 amide bonds. The van der Waals surface area contributed by atoms with E-state index >= 15 is 0 Å². The number of non-ortho nitro benzene ring substituents is 1. The molecule has 42 heavy (non-hydrogen) atoms. The number of thioether (sulfide) groups is 1. The predicted molar refractivity (Wildman–Crippen MR) is 168 cm³/mol. The zero-order valence-corrected chi connectivity index (χ0v) is 24.3. The molecule has 0 fully saturated rings. The van der Waals surface area contributed by atoms with Crippen molar-refractivity contribution < 1.29 is 14.5 Å². The van der Waals surface area contributed by atoms with E-state index in [9.17, 15) is 19.7 Å². The second-order valence-corrected chi connectivity index (χ2v) is 11.6. The second kappa shape index (κ2) is 13.4. The van der Waals surface area contributed by atoms with E-state index in [-0.39, 0.29) is 23.9 Å². The molecule has 8 nitrogen and oxygen atoms in total. The lowest BCUT2D eigenvalue weighted by Crippen LogP contribution is -2.19. The third kappa shape index (κ3) is 7.61. The molecular formula is C31H23ClN4O4S2. The topological polar surface area (TPSA) is 114 Å². The summed E-state index contributed by atoms with van der Waals surface area (Å²) >= 11 is 8.52. The number of nitro groups is 1. The largest absolute Gasteiger partial charge is 0.326 e. The van der Waals surface area contributed by atoms with E-state index in [1.807, 2.05) is 60.7 Å². The van der Waals surface area contributed by atoms with Crippen LogP contribution in [-0.4, -0.2) is 21.7 Å². The van der Waals surface area contributed by atoms with E-state index < -0.39 is 10.2 Å². The highest BCUT2D eigenvalue weighted by Gasteiger charge is 2.24. The number of rotatable bonds is 10. The summed E-state index contributed by atoms with van der Waals surface area (Å²) < 4.78 is 0. The summed E-state index contributed by atoms with van der Waals surface area (Å²) in [4.78, 5) is 42.2. The molecule has 0 aliphatic rings. The lowest BCUT2D eigenvalue weighted by molar-refractivity contribution is -0.384. The molecule has 1 atom stereocenters. The minimum Gasteiger partial charge on any atom is -0.326 e. The van der Waals surface area contributed by atoms with Gasteiger partial charge in [-0.1, -0.05) is 72.3 Å².